The number of hydrazine groups is 1. The van der Waals surface area contributed by atoms with Gasteiger partial charge in [0.25, 0.3) is 5.91 Å². The number of nitrogens with one attached hydrogen (secondary N) is 2. The van der Waals surface area contributed by atoms with Crippen LogP contribution in [0.1, 0.15) is 10.4 Å². The van der Waals surface area contributed by atoms with Crippen molar-refractivity contribution in [3.8, 4) is 0 Å². The molecule has 0 spiro atoms. The Morgan fingerprint density at radius 1 is 1.22 bits per heavy atom. The second-order valence-electron chi connectivity index (χ2n) is 3.84. The van der Waals surface area contributed by atoms with Crippen molar-refractivity contribution in [1.29, 1.82) is 0 Å². The Kier molecular flexibility index (Phi) is 6.18. The molecule has 0 aliphatic carbocycles. The molecule has 0 saturated carbocycles. The minimum Gasteiger partial charge on any atom is -0.480 e. The van der Waals surface area contributed by atoms with E-state index in [2.05, 4.69) is 17.7 Å². The van der Waals surface area contributed by atoms with E-state index in [1.165, 1.54) is 0 Å². The number of nitrogens with zero attached hydrogens (tertiary/aromatic N) is 3. The summed E-state index contributed by atoms with van der Waals surface area (Å²) in [7, 11) is 0. The number of aliphatic carboxylic acids is 1. The third kappa shape index (κ3) is 3.83. The molecule has 3 N–H and O–H groups in total. The molecule has 124 valence electrons. The van der Waals surface area contributed by atoms with Crippen LogP contribution in [0.15, 0.2) is 5.11 Å². The fourth-order valence-corrected chi connectivity index (χ4v) is 1.60. The minimum atomic E-state index is -2.11. The number of halogens is 4. The molecule has 0 aromatic heterocycles. The molecule has 1 aromatic rings. The van der Waals surface area contributed by atoms with E-state index in [4.69, 9.17) is 10.6 Å². The van der Waals surface area contributed by atoms with Crippen molar-refractivity contribution in [2.45, 2.75) is 6.04 Å². The number of carboxylic acids is 1. The zero-order valence-corrected chi connectivity index (χ0v) is 11.7. The Balaban J connectivity index is 3.21. The first-order valence-electron chi connectivity index (χ1n) is 5.56. The largest absolute Gasteiger partial charge is 0.480 e. The van der Waals surface area contributed by atoms with E-state index in [0.29, 0.717) is 0 Å². The van der Waals surface area contributed by atoms with Gasteiger partial charge < -0.3 is 5.11 Å². The lowest BCUT2D eigenvalue weighted by Gasteiger charge is -2.14. The van der Waals surface area contributed by atoms with Crippen LogP contribution in [0.2, 0.25) is 0 Å². The molecule has 1 atom stereocenters. The topological polar surface area (TPSA) is 127 Å². The number of carboxylic acid groups (broad SMARTS) is 1. The van der Waals surface area contributed by atoms with Crippen LogP contribution < -0.4 is 10.9 Å². The lowest BCUT2D eigenvalue weighted by Crippen LogP contribution is -2.49. The summed E-state index contributed by atoms with van der Waals surface area (Å²) >= 11 is 3.65. The summed E-state index contributed by atoms with van der Waals surface area (Å²) in [5.41, 5.74) is 8.29. The van der Waals surface area contributed by atoms with Crippen LogP contribution in [0.25, 0.3) is 10.4 Å². The molecule has 0 unspecified atom stereocenters. The molecule has 0 heterocycles. The highest BCUT2D eigenvalue weighted by atomic mass is 32.1. The summed E-state index contributed by atoms with van der Waals surface area (Å²) in [6.45, 7) is 0. The molecule has 23 heavy (non-hydrogen) atoms. The quantitative estimate of drug-likeness (QED) is 0.118. The number of azide groups is 1. The number of rotatable bonds is 6. The van der Waals surface area contributed by atoms with Crippen LogP contribution in [0.4, 0.5) is 23.2 Å². The standard InChI is InChI=1S/C10H7F4N5O3S/c11-4-3(9(20)18-16-2(1-23)10(21)22)5(12)7(14)8(6(4)13)17-19-15/h2,16,23H,1H2,(H,18,20)(H,21,22)/t2-/m0/s1. The average Bonchev–Trinajstić information content (AvgIpc) is 2.50. The van der Waals surface area contributed by atoms with Crippen molar-refractivity contribution in [3.63, 3.8) is 0 Å². The Morgan fingerprint density at radius 2 is 1.74 bits per heavy atom. The van der Waals surface area contributed by atoms with Gasteiger partial charge in [0.2, 0.25) is 0 Å². The minimum absolute atomic E-state index is 0.306. The van der Waals surface area contributed by atoms with E-state index in [1.54, 1.807) is 5.43 Å². The van der Waals surface area contributed by atoms with E-state index in [0.717, 1.165) is 0 Å². The third-order valence-corrected chi connectivity index (χ3v) is 2.82. The summed E-state index contributed by atoms with van der Waals surface area (Å²) in [5.74, 6) is -11.8. The van der Waals surface area contributed by atoms with Crippen molar-refractivity contribution < 1.29 is 32.3 Å². The molecule has 1 rings (SSSR count). The zero-order chi connectivity index (χ0) is 17.7. The first-order chi connectivity index (χ1) is 10.8. The van der Waals surface area contributed by atoms with Gasteiger partial charge in [0.1, 0.15) is 17.3 Å². The molecule has 13 heteroatoms. The molecule has 0 fully saturated rings. The number of amides is 1. The van der Waals surface area contributed by atoms with Crippen LogP contribution in [-0.2, 0) is 4.79 Å². The van der Waals surface area contributed by atoms with Gasteiger partial charge in [-0.3, -0.25) is 15.0 Å². The number of benzene rings is 1. The van der Waals surface area contributed by atoms with Crippen molar-refractivity contribution in [2.24, 2.45) is 5.11 Å². The van der Waals surface area contributed by atoms with Gasteiger partial charge in [-0.25, -0.2) is 23.0 Å². The predicted molar refractivity (Wildman–Crippen MR) is 71.0 cm³/mol. The van der Waals surface area contributed by atoms with E-state index in [-0.39, 0.29) is 5.75 Å². The summed E-state index contributed by atoms with van der Waals surface area (Å²) in [6.07, 6.45) is 0. The highest BCUT2D eigenvalue weighted by molar-refractivity contribution is 7.80. The Hall–Kier alpha value is -2.50. The van der Waals surface area contributed by atoms with Gasteiger partial charge in [-0.05, 0) is 5.53 Å². The second kappa shape index (κ2) is 7.67. The number of carbonyl (C=O) groups is 2. The fourth-order valence-electron chi connectivity index (χ4n) is 1.35. The van der Waals surface area contributed by atoms with E-state index in [1.807, 2.05) is 10.3 Å². The maximum atomic E-state index is 13.7. The van der Waals surface area contributed by atoms with Crippen molar-refractivity contribution in [1.82, 2.24) is 10.9 Å². The van der Waals surface area contributed by atoms with Gasteiger partial charge in [-0.1, -0.05) is 5.11 Å². The van der Waals surface area contributed by atoms with Crippen molar-refractivity contribution >= 4 is 30.2 Å². The first-order valence-corrected chi connectivity index (χ1v) is 6.20. The fraction of sp³-hybridized carbons (Fsp3) is 0.200. The Bertz CT molecular complexity index is 681. The molecule has 0 saturated heterocycles. The highest BCUT2D eigenvalue weighted by Gasteiger charge is 2.29. The lowest BCUT2D eigenvalue weighted by molar-refractivity contribution is -0.139. The molecular weight excluding hydrogens is 346 g/mol. The maximum absolute atomic E-state index is 13.7. The Labute approximate surface area is 130 Å². The molecule has 0 radical (unpaired) electrons. The average molecular weight is 353 g/mol. The van der Waals surface area contributed by atoms with Crippen molar-refractivity contribution in [3.05, 3.63) is 39.3 Å². The molecule has 1 aromatic carbocycles. The summed E-state index contributed by atoms with van der Waals surface area (Å²) in [4.78, 5) is 24.3. The van der Waals surface area contributed by atoms with Crippen LogP contribution in [-0.4, -0.2) is 28.8 Å². The van der Waals surface area contributed by atoms with E-state index in [9.17, 15) is 27.2 Å². The molecular formula is C10H7F4N5O3S. The van der Waals surface area contributed by atoms with Gasteiger partial charge in [-0.15, -0.1) is 0 Å². The molecule has 8 nitrogen and oxygen atoms in total. The monoisotopic (exact) mass is 353 g/mol. The van der Waals surface area contributed by atoms with E-state index < -0.39 is 52.4 Å². The second-order valence-corrected chi connectivity index (χ2v) is 4.21. The molecule has 1 amide bonds. The van der Waals surface area contributed by atoms with Crippen LogP contribution in [0.5, 0.6) is 0 Å². The number of hydrogen-bond acceptors (Lipinski definition) is 5. The lowest BCUT2D eigenvalue weighted by atomic mass is 10.1. The van der Waals surface area contributed by atoms with E-state index >= 15 is 0 Å². The number of hydrogen-bond donors (Lipinski definition) is 4. The molecule has 0 aliphatic heterocycles. The van der Waals surface area contributed by atoms with Gasteiger partial charge in [0.15, 0.2) is 23.3 Å². The molecule has 0 aliphatic rings. The summed E-state index contributed by atoms with van der Waals surface area (Å²) in [5, 5.41) is 11.1. The maximum Gasteiger partial charge on any atom is 0.323 e. The number of carbonyl (C=O) groups excluding carboxylic acids is 1. The van der Waals surface area contributed by atoms with Crippen LogP contribution in [0, 0.1) is 23.3 Å². The first kappa shape index (κ1) is 18.5. The summed E-state index contributed by atoms with van der Waals surface area (Å²) in [6, 6.07) is -1.43. The normalized spacial score (nSPS) is 11.5. The van der Waals surface area contributed by atoms with Gasteiger partial charge in [0, 0.05) is 10.7 Å². The Morgan fingerprint density at radius 3 is 2.13 bits per heavy atom. The zero-order valence-electron chi connectivity index (χ0n) is 10.8. The smallest absolute Gasteiger partial charge is 0.323 e. The van der Waals surface area contributed by atoms with Gasteiger partial charge >= 0.3 is 5.97 Å². The third-order valence-electron chi connectivity index (χ3n) is 2.45. The SMILES string of the molecule is [N-]=[N+]=Nc1c(F)c(F)c(C(=O)NN[C@@H](CS)C(=O)O)c(F)c1F. The van der Waals surface area contributed by atoms with Crippen molar-refractivity contribution in [2.75, 3.05) is 5.75 Å². The van der Waals surface area contributed by atoms with Crippen LogP contribution >= 0.6 is 12.6 Å². The highest BCUT2D eigenvalue weighted by Crippen LogP contribution is 2.30. The predicted octanol–water partition coefficient (Wildman–Crippen LogP) is 1.80. The van der Waals surface area contributed by atoms with Gasteiger partial charge in [0.05, 0.1) is 0 Å². The number of thiol groups is 1. The van der Waals surface area contributed by atoms with Gasteiger partial charge in [-0.2, -0.15) is 12.6 Å². The summed E-state index contributed by atoms with van der Waals surface area (Å²) < 4.78 is 54.3. The van der Waals surface area contributed by atoms with Crippen LogP contribution in [0.3, 0.4) is 0 Å². The molecule has 0 bridgehead atoms.